The van der Waals surface area contributed by atoms with Gasteiger partial charge in [-0.2, -0.15) is 0 Å². The summed E-state index contributed by atoms with van der Waals surface area (Å²) in [7, 11) is 2.18. The van der Waals surface area contributed by atoms with Crippen LogP contribution in [0.1, 0.15) is 18.9 Å². The van der Waals surface area contributed by atoms with E-state index in [4.69, 9.17) is 11.6 Å². The molecule has 0 aromatic heterocycles. The molecular formula is C16H26ClIN4. The molecule has 0 saturated carbocycles. The van der Waals surface area contributed by atoms with E-state index in [1.165, 1.54) is 19.5 Å². The van der Waals surface area contributed by atoms with E-state index in [2.05, 4.69) is 34.5 Å². The summed E-state index contributed by atoms with van der Waals surface area (Å²) in [6.45, 7) is 6.97. The van der Waals surface area contributed by atoms with Crippen LogP contribution in [-0.4, -0.2) is 44.1 Å². The van der Waals surface area contributed by atoms with Crippen LogP contribution in [0.4, 0.5) is 0 Å². The zero-order valence-electron chi connectivity index (χ0n) is 13.3. The van der Waals surface area contributed by atoms with Gasteiger partial charge >= 0.3 is 0 Å². The molecular weight excluding hydrogens is 411 g/mol. The van der Waals surface area contributed by atoms with Crippen LogP contribution in [0.3, 0.4) is 0 Å². The molecule has 0 amide bonds. The molecule has 0 aliphatic carbocycles. The summed E-state index contributed by atoms with van der Waals surface area (Å²) < 4.78 is 0. The molecule has 1 heterocycles. The van der Waals surface area contributed by atoms with Gasteiger partial charge in [0, 0.05) is 24.7 Å². The molecule has 1 aliphatic rings. The molecule has 6 heteroatoms. The molecule has 0 spiro atoms. The Kier molecular flexibility index (Phi) is 9.12. The van der Waals surface area contributed by atoms with Crippen molar-refractivity contribution >= 4 is 41.5 Å². The fourth-order valence-electron chi connectivity index (χ4n) is 2.54. The highest BCUT2D eigenvalue weighted by atomic mass is 127. The van der Waals surface area contributed by atoms with E-state index in [0.717, 1.165) is 35.6 Å². The van der Waals surface area contributed by atoms with Crippen molar-refractivity contribution in [2.45, 2.75) is 19.9 Å². The molecule has 1 aliphatic heterocycles. The lowest BCUT2D eigenvalue weighted by Gasteiger charge is -2.15. The molecule has 1 atom stereocenters. The Labute approximate surface area is 155 Å². The van der Waals surface area contributed by atoms with E-state index in [0.29, 0.717) is 6.54 Å². The van der Waals surface area contributed by atoms with Crippen molar-refractivity contribution < 1.29 is 0 Å². The molecule has 124 valence electrons. The van der Waals surface area contributed by atoms with Crippen LogP contribution in [0.5, 0.6) is 0 Å². The van der Waals surface area contributed by atoms with Crippen LogP contribution in [-0.2, 0) is 6.54 Å². The highest BCUT2D eigenvalue weighted by molar-refractivity contribution is 14.0. The molecule has 1 fully saturated rings. The summed E-state index contributed by atoms with van der Waals surface area (Å²) in [6, 6.07) is 7.84. The monoisotopic (exact) mass is 436 g/mol. The summed E-state index contributed by atoms with van der Waals surface area (Å²) in [5.41, 5.74) is 1.16. The zero-order chi connectivity index (χ0) is 15.1. The molecule has 1 aromatic carbocycles. The van der Waals surface area contributed by atoms with Gasteiger partial charge in [0.25, 0.3) is 0 Å². The SMILES string of the molecule is CCNC(=NCc1ccc(Cl)cc1)NCC1CCN(C)C1.I. The van der Waals surface area contributed by atoms with Gasteiger partial charge in [-0.3, -0.25) is 0 Å². The summed E-state index contributed by atoms with van der Waals surface area (Å²) in [4.78, 5) is 7.01. The van der Waals surface area contributed by atoms with E-state index in [1.807, 2.05) is 24.3 Å². The van der Waals surface area contributed by atoms with Crippen molar-refractivity contribution in [1.29, 1.82) is 0 Å². The molecule has 0 radical (unpaired) electrons. The number of hydrogen-bond acceptors (Lipinski definition) is 2. The van der Waals surface area contributed by atoms with Gasteiger partial charge in [0.1, 0.15) is 0 Å². The van der Waals surface area contributed by atoms with Gasteiger partial charge in [-0.25, -0.2) is 4.99 Å². The van der Waals surface area contributed by atoms with Crippen LogP contribution in [0.15, 0.2) is 29.3 Å². The van der Waals surface area contributed by atoms with Gasteiger partial charge in [0.05, 0.1) is 6.54 Å². The second-order valence-corrected chi connectivity index (χ2v) is 6.06. The molecule has 2 rings (SSSR count). The minimum absolute atomic E-state index is 0. The summed E-state index contributed by atoms with van der Waals surface area (Å²) >= 11 is 5.89. The maximum atomic E-state index is 5.89. The molecule has 2 N–H and O–H groups in total. The minimum atomic E-state index is 0. The van der Waals surface area contributed by atoms with Crippen LogP contribution < -0.4 is 10.6 Å². The highest BCUT2D eigenvalue weighted by Gasteiger charge is 2.19. The number of nitrogens with zero attached hydrogens (tertiary/aromatic N) is 2. The number of nitrogens with one attached hydrogen (secondary N) is 2. The first kappa shape index (κ1) is 19.5. The van der Waals surface area contributed by atoms with Gasteiger partial charge in [-0.1, -0.05) is 23.7 Å². The van der Waals surface area contributed by atoms with E-state index < -0.39 is 0 Å². The first-order chi connectivity index (χ1) is 10.2. The van der Waals surface area contributed by atoms with E-state index in [-0.39, 0.29) is 24.0 Å². The predicted octanol–water partition coefficient (Wildman–Crippen LogP) is 2.96. The van der Waals surface area contributed by atoms with Gasteiger partial charge in [-0.05, 0) is 50.6 Å². The third-order valence-corrected chi connectivity index (χ3v) is 3.98. The zero-order valence-corrected chi connectivity index (χ0v) is 16.4. The van der Waals surface area contributed by atoms with Crippen molar-refractivity contribution in [3.05, 3.63) is 34.9 Å². The quantitative estimate of drug-likeness (QED) is 0.423. The van der Waals surface area contributed by atoms with Crippen LogP contribution >= 0.6 is 35.6 Å². The Balaban J connectivity index is 0.00000242. The van der Waals surface area contributed by atoms with Crippen molar-refractivity contribution in [1.82, 2.24) is 15.5 Å². The van der Waals surface area contributed by atoms with Gasteiger partial charge in [-0.15, -0.1) is 24.0 Å². The second-order valence-electron chi connectivity index (χ2n) is 5.62. The number of hydrogen-bond donors (Lipinski definition) is 2. The van der Waals surface area contributed by atoms with Crippen LogP contribution in [0.25, 0.3) is 0 Å². The Hall–Kier alpha value is -0.530. The number of guanidine groups is 1. The number of likely N-dealkylation sites (tertiary alicyclic amines) is 1. The average molecular weight is 437 g/mol. The Morgan fingerprint density at radius 1 is 1.32 bits per heavy atom. The molecule has 22 heavy (non-hydrogen) atoms. The summed E-state index contributed by atoms with van der Waals surface area (Å²) in [6.07, 6.45) is 1.26. The standard InChI is InChI=1S/C16H25ClN4.HI/c1-3-18-16(20-11-14-8-9-21(2)12-14)19-10-13-4-6-15(17)7-5-13;/h4-7,14H,3,8-12H2,1-2H3,(H2,18,19,20);1H. The third kappa shape index (κ3) is 6.71. The lowest BCUT2D eigenvalue weighted by molar-refractivity contribution is 0.394. The van der Waals surface area contributed by atoms with Gasteiger partial charge in [0.15, 0.2) is 5.96 Å². The van der Waals surface area contributed by atoms with Gasteiger partial charge < -0.3 is 15.5 Å². The van der Waals surface area contributed by atoms with Gasteiger partial charge in [0.2, 0.25) is 0 Å². The van der Waals surface area contributed by atoms with Crippen molar-refractivity contribution in [2.24, 2.45) is 10.9 Å². The number of benzene rings is 1. The van der Waals surface area contributed by atoms with Crippen LogP contribution in [0, 0.1) is 5.92 Å². The fourth-order valence-corrected chi connectivity index (χ4v) is 2.66. The molecule has 4 nitrogen and oxygen atoms in total. The van der Waals surface area contributed by atoms with E-state index in [9.17, 15) is 0 Å². The van der Waals surface area contributed by atoms with Crippen LogP contribution in [0.2, 0.25) is 5.02 Å². The Morgan fingerprint density at radius 2 is 2.05 bits per heavy atom. The molecule has 1 unspecified atom stereocenters. The maximum absolute atomic E-state index is 5.89. The normalized spacial score (nSPS) is 18.9. The molecule has 1 aromatic rings. The smallest absolute Gasteiger partial charge is 0.191 e. The summed E-state index contributed by atoms with van der Waals surface area (Å²) in [5, 5.41) is 7.51. The highest BCUT2D eigenvalue weighted by Crippen LogP contribution is 2.13. The van der Waals surface area contributed by atoms with E-state index in [1.54, 1.807) is 0 Å². The molecule has 0 bridgehead atoms. The van der Waals surface area contributed by atoms with E-state index >= 15 is 0 Å². The first-order valence-electron chi connectivity index (χ1n) is 7.62. The molecule has 1 saturated heterocycles. The maximum Gasteiger partial charge on any atom is 0.191 e. The Morgan fingerprint density at radius 3 is 2.64 bits per heavy atom. The summed E-state index contributed by atoms with van der Waals surface area (Å²) in [5.74, 6) is 1.61. The minimum Gasteiger partial charge on any atom is -0.357 e. The largest absolute Gasteiger partial charge is 0.357 e. The number of aliphatic imine (C=N–C) groups is 1. The van der Waals surface area contributed by atoms with Crippen molar-refractivity contribution in [2.75, 3.05) is 33.2 Å². The topological polar surface area (TPSA) is 39.7 Å². The predicted molar refractivity (Wildman–Crippen MR) is 105 cm³/mol. The van der Waals surface area contributed by atoms with Crippen molar-refractivity contribution in [3.8, 4) is 0 Å². The second kappa shape index (κ2) is 10.3. The van der Waals surface area contributed by atoms with Crippen molar-refractivity contribution in [3.63, 3.8) is 0 Å². The Bertz CT molecular complexity index is 464. The number of halogens is 2. The first-order valence-corrected chi connectivity index (χ1v) is 8.00. The third-order valence-electron chi connectivity index (χ3n) is 3.72. The lowest BCUT2D eigenvalue weighted by Crippen LogP contribution is -2.40. The fraction of sp³-hybridized carbons (Fsp3) is 0.562. The average Bonchev–Trinajstić information content (AvgIpc) is 2.89. The lowest BCUT2D eigenvalue weighted by atomic mass is 10.1. The number of rotatable bonds is 5.